The Hall–Kier alpha value is -1.14. The van der Waals surface area contributed by atoms with Crippen molar-refractivity contribution < 1.29 is 0 Å². The van der Waals surface area contributed by atoms with Gasteiger partial charge in [-0.05, 0) is 13.8 Å². The van der Waals surface area contributed by atoms with Crippen molar-refractivity contribution in [1.82, 2.24) is 19.4 Å². The summed E-state index contributed by atoms with van der Waals surface area (Å²) in [6, 6.07) is 0. The van der Waals surface area contributed by atoms with E-state index in [0.717, 1.165) is 22.1 Å². The number of aryl methyl sites for hydroxylation is 1. The molecule has 0 radical (unpaired) electrons. The quantitative estimate of drug-likeness (QED) is 0.915. The van der Waals surface area contributed by atoms with Gasteiger partial charge >= 0.3 is 0 Å². The Labute approximate surface area is 103 Å². The zero-order chi connectivity index (χ0) is 11.7. The standard InChI is InChI=1S/C9H12ClN5S/c1-5-8(10)6(2)15(13-5)4-7-9(11-3)16-14-12-7/h11H,4H2,1-3H3. The number of hydrogen-bond acceptors (Lipinski definition) is 5. The molecule has 0 spiro atoms. The van der Waals surface area contributed by atoms with Crippen molar-refractivity contribution in [2.24, 2.45) is 0 Å². The molecule has 7 heteroatoms. The van der Waals surface area contributed by atoms with Crippen molar-refractivity contribution in [3.05, 3.63) is 22.1 Å². The number of halogens is 1. The molecule has 0 amide bonds. The van der Waals surface area contributed by atoms with E-state index in [9.17, 15) is 0 Å². The van der Waals surface area contributed by atoms with Gasteiger partial charge in [0.1, 0.15) is 10.7 Å². The molecule has 2 aromatic heterocycles. The lowest BCUT2D eigenvalue weighted by molar-refractivity contribution is 0.646. The van der Waals surface area contributed by atoms with E-state index in [1.54, 1.807) is 0 Å². The van der Waals surface area contributed by atoms with Crippen LogP contribution in [0.25, 0.3) is 0 Å². The highest BCUT2D eigenvalue weighted by atomic mass is 35.5. The number of aromatic nitrogens is 4. The van der Waals surface area contributed by atoms with Gasteiger partial charge in [-0.25, -0.2) is 0 Å². The first-order chi connectivity index (χ1) is 7.63. The first-order valence-corrected chi connectivity index (χ1v) is 5.97. The fourth-order valence-electron chi connectivity index (χ4n) is 1.47. The van der Waals surface area contributed by atoms with Crippen LogP contribution in [0.2, 0.25) is 5.02 Å². The molecule has 86 valence electrons. The second-order valence-corrected chi connectivity index (χ2v) is 4.57. The molecule has 0 aromatic carbocycles. The summed E-state index contributed by atoms with van der Waals surface area (Å²) in [5.74, 6) is 0. The van der Waals surface area contributed by atoms with Crippen molar-refractivity contribution in [3.63, 3.8) is 0 Å². The maximum Gasteiger partial charge on any atom is 0.135 e. The molecule has 0 fully saturated rings. The van der Waals surface area contributed by atoms with E-state index in [0.29, 0.717) is 11.6 Å². The molecular formula is C9H12ClN5S. The normalized spacial score (nSPS) is 10.8. The summed E-state index contributed by atoms with van der Waals surface area (Å²) >= 11 is 7.42. The van der Waals surface area contributed by atoms with Crippen LogP contribution in [0.15, 0.2) is 0 Å². The minimum atomic E-state index is 0.589. The number of rotatable bonds is 3. The fraction of sp³-hybridized carbons (Fsp3) is 0.444. The van der Waals surface area contributed by atoms with Crippen molar-refractivity contribution in [2.75, 3.05) is 12.4 Å². The van der Waals surface area contributed by atoms with Gasteiger partial charge in [-0.15, -0.1) is 5.10 Å². The maximum absolute atomic E-state index is 6.08. The minimum Gasteiger partial charge on any atom is -0.377 e. The summed E-state index contributed by atoms with van der Waals surface area (Å²) in [5.41, 5.74) is 2.68. The lowest BCUT2D eigenvalue weighted by atomic mass is 10.4. The van der Waals surface area contributed by atoms with Crippen LogP contribution in [0.1, 0.15) is 17.1 Å². The summed E-state index contributed by atoms with van der Waals surface area (Å²) in [7, 11) is 1.85. The molecular weight excluding hydrogens is 246 g/mol. The van der Waals surface area contributed by atoms with Crippen LogP contribution in [-0.4, -0.2) is 26.4 Å². The third-order valence-corrected chi connectivity index (χ3v) is 3.71. The Morgan fingerprint density at radius 3 is 2.75 bits per heavy atom. The van der Waals surface area contributed by atoms with Crippen LogP contribution in [0.3, 0.4) is 0 Å². The maximum atomic E-state index is 6.08. The van der Waals surface area contributed by atoms with E-state index in [4.69, 9.17) is 11.6 Å². The van der Waals surface area contributed by atoms with Gasteiger partial charge in [0.2, 0.25) is 0 Å². The molecule has 0 unspecified atom stereocenters. The van der Waals surface area contributed by atoms with Gasteiger partial charge in [0.05, 0.1) is 23.0 Å². The molecule has 0 aliphatic heterocycles. The zero-order valence-electron chi connectivity index (χ0n) is 9.28. The highest BCUT2D eigenvalue weighted by molar-refractivity contribution is 7.10. The molecule has 0 bridgehead atoms. The van der Waals surface area contributed by atoms with Crippen LogP contribution in [0.5, 0.6) is 0 Å². The van der Waals surface area contributed by atoms with E-state index >= 15 is 0 Å². The van der Waals surface area contributed by atoms with Crippen LogP contribution in [-0.2, 0) is 6.54 Å². The van der Waals surface area contributed by atoms with E-state index < -0.39 is 0 Å². The minimum absolute atomic E-state index is 0.589. The SMILES string of the molecule is CNc1snnc1Cn1nc(C)c(Cl)c1C. The van der Waals surface area contributed by atoms with Crippen molar-refractivity contribution in [3.8, 4) is 0 Å². The van der Waals surface area contributed by atoms with Crippen molar-refractivity contribution in [1.29, 1.82) is 0 Å². The number of hydrogen-bond donors (Lipinski definition) is 1. The summed E-state index contributed by atoms with van der Waals surface area (Å²) in [5, 5.41) is 13.2. The summed E-state index contributed by atoms with van der Waals surface area (Å²) < 4.78 is 5.75. The average Bonchev–Trinajstić information content (AvgIpc) is 2.81. The summed E-state index contributed by atoms with van der Waals surface area (Å²) in [6.45, 7) is 4.43. The molecule has 5 nitrogen and oxygen atoms in total. The summed E-state index contributed by atoms with van der Waals surface area (Å²) in [6.07, 6.45) is 0. The first-order valence-electron chi connectivity index (χ1n) is 4.82. The van der Waals surface area contributed by atoms with Crippen molar-refractivity contribution >= 4 is 28.1 Å². The van der Waals surface area contributed by atoms with Gasteiger partial charge in [0, 0.05) is 18.6 Å². The second-order valence-electron chi connectivity index (χ2n) is 3.44. The Kier molecular flexibility index (Phi) is 3.11. The van der Waals surface area contributed by atoms with Gasteiger partial charge in [-0.2, -0.15) is 5.10 Å². The molecule has 0 atom stereocenters. The predicted octanol–water partition coefficient (Wildman–Crippen LogP) is 2.09. The van der Waals surface area contributed by atoms with Gasteiger partial charge in [0.25, 0.3) is 0 Å². The third-order valence-electron chi connectivity index (χ3n) is 2.38. The van der Waals surface area contributed by atoms with Gasteiger partial charge in [-0.1, -0.05) is 16.1 Å². The van der Waals surface area contributed by atoms with E-state index in [1.165, 1.54) is 11.5 Å². The molecule has 0 saturated heterocycles. The highest BCUT2D eigenvalue weighted by Crippen LogP contribution is 2.22. The van der Waals surface area contributed by atoms with E-state index in [-0.39, 0.29) is 0 Å². The molecule has 0 saturated carbocycles. The third kappa shape index (κ3) is 1.90. The molecule has 0 aliphatic rings. The topological polar surface area (TPSA) is 55.6 Å². The number of anilines is 1. The van der Waals surface area contributed by atoms with Gasteiger partial charge in [0.15, 0.2) is 0 Å². The second kappa shape index (κ2) is 4.39. The molecule has 2 aromatic rings. The monoisotopic (exact) mass is 257 g/mol. The van der Waals surface area contributed by atoms with Crippen LogP contribution in [0.4, 0.5) is 5.00 Å². The van der Waals surface area contributed by atoms with Crippen LogP contribution >= 0.6 is 23.1 Å². The fourth-order valence-corrected chi connectivity index (χ4v) is 2.13. The Morgan fingerprint density at radius 1 is 1.44 bits per heavy atom. The first kappa shape index (κ1) is 11.3. The number of nitrogens with zero attached hydrogens (tertiary/aromatic N) is 4. The smallest absolute Gasteiger partial charge is 0.135 e. The number of nitrogens with one attached hydrogen (secondary N) is 1. The van der Waals surface area contributed by atoms with Crippen molar-refractivity contribution in [2.45, 2.75) is 20.4 Å². The van der Waals surface area contributed by atoms with Gasteiger partial charge < -0.3 is 5.32 Å². The predicted molar refractivity (Wildman–Crippen MR) is 65.3 cm³/mol. The molecule has 2 heterocycles. The zero-order valence-corrected chi connectivity index (χ0v) is 10.9. The highest BCUT2D eigenvalue weighted by Gasteiger charge is 2.13. The Balaban J connectivity index is 2.30. The van der Waals surface area contributed by atoms with Gasteiger partial charge in [-0.3, -0.25) is 4.68 Å². The van der Waals surface area contributed by atoms with E-state index in [1.807, 2.05) is 25.6 Å². The summed E-state index contributed by atoms with van der Waals surface area (Å²) in [4.78, 5) is 0. The van der Waals surface area contributed by atoms with Crippen LogP contribution < -0.4 is 5.32 Å². The largest absolute Gasteiger partial charge is 0.377 e. The lowest BCUT2D eigenvalue weighted by Crippen LogP contribution is -2.06. The molecule has 16 heavy (non-hydrogen) atoms. The Bertz CT molecular complexity index is 504. The average molecular weight is 258 g/mol. The Morgan fingerprint density at radius 2 is 2.19 bits per heavy atom. The molecule has 1 N–H and O–H groups in total. The molecule has 2 rings (SSSR count). The van der Waals surface area contributed by atoms with Crippen LogP contribution in [0, 0.1) is 13.8 Å². The molecule has 0 aliphatic carbocycles. The van der Waals surface area contributed by atoms with E-state index in [2.05, 4.69) is 20.0 Å². The lowest BCUT2D eigenvalue weighted by Gasteiger charge is -2.03.